The molecule has 2 aromatic rings. The summed E-state index contributed by atoms with van der Waals surface area (Å²) in [5, 5.41) is 3.35. The molecule has 0 unspecified atom stereocenters. The highest BCUT2D eigenvalue weighted by Crippen LogP contribution is 2.37. The number of benzene rings is 2. The Hall–Kier alpha value is -1.57. The van der Waals surface area contributed by atoms with E-state index in [-0.39, 0.29) is 0 Å². The van der Waals surface area contributed by atoms with Gasteiger partial charge in [0.2, 0.25) is 0 Å². The number of anilines is 2. The Labute approximate surface area is 156 Å². The second kappa shape index (κ2) is 6.63. The van der Waals surface area contributed by atoms with Gasteiger partial charge in [0.1, 0.15) is 4.90 Å². The third kappa shape index (κ3) is 3.05. The van der Waals surface area contributed by atoms with E-state index in [0.717, 1.165) is 43.9 Å². The maximum Gasteiger partial charge on any atom is 0.265 e. The van der Waals surface area contributed by atoms with Crippen molar-refractivity contribution in [2.24, 2.45) is 0 Å². The van der Waals surface area contributed by atoms with E-state index in [1.807, 2.05) is 18.2 Å². The monoisotopic (exact) mass is 421 g/mol. The molecule has 0 bridgehead atoms. The summed E-state index contributed by atoms with van der Waals surface area (Å²) in [5.41, 5.74) is 3.08. The average Bonchev–Trinajstić information content (AvgIpc) is 3.06. The Morgan fingerprint density at radius 3 is 2.52 bits per heavy atom. The first-order valence-electron chi connectivity index (χ1n) is 8.43. The van der Waals surface area contributed by atoms with E-state index in [4.69, 9.17) is 0 Å². The quantitative estimate of drug-likeness (QED) is 0.827. The van der Waals surface area contributed by atoms with Gasteiger partial charge in [-0.2, -0.15) is 0 Å². The maximum absolute atomic E-state index is 13.1. The Kier molecular flexibility index (Phi) is 4.47. The van der Waals surface area contributed by atoms with Crippen LogP contribution in [-0.4, -0.2) is 41.1 Å². The van der Waals surface area contributed by atoms with Crippen LogP contribution >= 0.6 is 15.9 Å². The molecule has 2 aliphatic rings. The lowest BCUT2D eigenvalue weighted by Gasteiger charge is -2.30. The van der Waals surface area contributed by atoms with Crippen molar-refractivity contribution in [2.45, 2.75) is 11.3 Å². The number of hydrogen-bond acceptors (Lipinski definition) is 4. The van der Waals surface area contributed by atoms with E-state index in [0.29, 0.717) is 15.9 Å². The minimum absolute atomic E-state index is 0.314. The highest BCUT2D eigenvalue weighted by molar-refractivity contribution is 9.10. The molecule has 5 nitrogen and oxygen atoms in total. The zero-order valence-corrected chi connectivity index (χ0v) is 16.2. The van der Waals surface area contributed by atoms with Gasteiger partial charge in [0.25, 0.3) is 10.0 Å². The summed E-state index contributed by atoms with van der Waals surface area (Å²) in [4.78, 5) is 2.66. The second-order valence-electron chi connectivity index (χ2n) is 6.31. The van der Waals surface area contributed by atoms with Crippen LogP contribution in [-0.2, 0) is 16.4 Å². The van der Waals surface area contributed by atoms with Gasteiger partial charge >= 0.3 is 0 Å². The fourth-order valence-corrected chi connectivity index (χ4v) is 5.97. The number of hydrogen-bond donors (Lipinski definition) is 1. The highest BCUT2D eigenvalue weighted by atomic mass is 79.9. The zero-order valence-electron chi connectivity index (χ0n) is 13.8. The third-order valence-corrected chi connectivity index (χ3v) is 7.63. The molecule has 132 valence electrons. The lowest BCUT2D eigenvalue weighted by molar-refractivity contribution is 0.589. The number of nitrogens with one attached hydrogen (secondary N) is 1. The van der Waals surface area contributed by atoms with Crippen LogP contribution in [0.2, 0.25) is 0 Å². The largest absolute Gasteiger partial charge is 0.369 e. The molecule has 0 aliphatic carbocycles. The molecule has 0 atom stereocenters. The number of fused-ring (bicyclic) bond motifs is 1. The normalized spacial score (nSPS) is 17.6. The molecule has 2 aromatic carbocycles. The fraction of sp³-hybridized carbons (Fsp3) is 0.333. The summed E-state index contributed by atoms with van der Waals surface area (Å²) in [6.45, 7) is 4.43. The molecular weight excluding hydrogens is 402 g/mol. The molecule has 1 N–H and O–H groups in total. The Morgan fingerprint density at radius 1 is 1.00 bits per heavy atom. The molecular formula is C18H20BrN3O2S. The average molecular weight is 422 g/mol. The van der Waals surface area contributed by atoms with Gasteiger partial charge in [-0.15, -0.1) is 0 Å². The molecule has 0 radical (unpaired) electrons. The number of rotatable bonds is 3. The van der Waals surface area contributed by atoms with Crippen molar-refractivity contribution in [3.05, 3.63) is 52.5 Å². The second-order valence-corrected chi connectivity index (χ2v) is 8.99. The van der Waals surface area contributed by atoms with Crippen LogP contribution < -0.4 is 14.5 Å². The molecule has 0 amide bonds. The number of sulfonamides is 1. The topological polar surface area (TPSA) is 52.7 Å². The standard InChI is InChI=1S/C18H20BrN3O2S/c19-16-3-1-2-4-18(16)25(23,24)22-10-7-14-13-15(5-6-17(14)22)21-11-8-20-9-12-21/h1-6,13,20H,7-12H2. The van der Waals surface area contributed by atoms with Crippen molar-refractivity contribution in [3.8, 4) is 0 Å². The summed E-state index contributed by atoms with van der Waals surface area (Å²) in [6, 6.07) is 13.1. The van der Waals surface area contributed by atoms with Crippen molar-refractivity contribution >= 4 is 37.3 Å². The van der Waals surface area contributed by atoms with E-state index in [1.54, 1.807) is 18.2 Å². The predicted octanol–water partition coefficient (Wildman–Crippen LogP) is 2.61. The van der Waals surface area contributed by atoms with Crippen molar-refractivity contribution in [3.63, 3.8) is 0 Å². The van der Waals surface area contributed by atoms with Crippen molar-refractivity contribution in [1.82, 2.24) is 5.32 Å². The minimum Gasteiger partial charge on any atom is -0.369 e. The van der Waals surface area contributed by atoms with Gasteiger partial charge in [0, 0.05) is 42.9 Å². The summed E-state index contributed by atoms with van der Waals surface area (Å²) in [5.74, 6) is 0. The molecule has 0 saturated carbocycles. The van der Waals surface area contributed by atoms with E-state index >= 15 is 0 Å². The lowest BCUT2D eigenvalue weighted by Crippen LogP contribution is -2.43. The molecule has 2 aliphatic heterocycles. The molecule has 4 rings (SSSR count). The van der Waals surface area contributed by atoms with Crippen LogP contribution in [0.15, 0.2) is 51.8 Å². The Balaban J connectivity index is 1.67. The molecule has 0 aromatic heterocycles. The molecule has 25 heavy (non-hydrogen) atoms. The summed E-state index contributed by atoms with van der Waals surface area (Å²) < 4.78 is 28.3. The van der Waals surface area contributed by atoms with E-state index in [2.05, 4.69) is 32.2 Å². The van der Waals surface area contributed by atoms with Gasteiger partial charge in [-0.05, 0) is 58.2 Å². The van der Waals surface area contributed by atoms with Crippen LogP contribution in [0.25, 0.3) is 0 Å². The number of halogens is 1. The van der Waals surface area contributed by atoms with Gasteiger partial charge in [0.15, 0.2) is 0 Å². The molecule has 2 heterocycles. The minimum atomic E-state index is -3.56. The van der Waals surface area contributed by atoms with E-state index < -0.39 is 10.0 Å². The van der Waals surface area contributed by atoms with E-state index in [9.17, 15) is 8.42 Å². The van der Waals surface area contributed by atoms with Gasteiger partial charge < -0.3 is 10.2 Å². The lowest BCUT2D eigenvalue weighted by atomic mass is 10.1. The predicted molar refractivity (Wildman–Crippen MR) is 104 cm³/mol. The van der Waals surface area contributed by atoms with Crippen molar-refractivity contribution in [2.75, 3.05) is 41.9 Å². The summed E-state index contributed by atoms with van der Waals surface area (Å²) >= 11 is 3.36. The first-order chi connectivity index (χ1) is 12.1. The van der Waals surface area contributed by atoms with Crippen molar-refractivity contribution in [1.29, 1.82) is 0 Å². The SMILES string of the molecule is O=S(=O)(c1ccccc1Br)N1CCc2cc(N3CCNCC3)ccc21. The van der Waals surface area contributed by atoms with Gasteiger partial charge in [0.05, 0.1) is 5.69 Å². The highest BCUT2D eigenvalue weighted by Gasteiger charge is 2.32. The Morgan fingerprint density at radius 2 is 1.76 bits per heavy atom. The van der Waals surface area contributed by atoms with E-state index in [1.165, 1.54) is 9.99 Å². The summed E-state index contributed by atoms with van der Waals surface area (Å²) in [6.07, 6.45) is 0.749. The van der Waals surface area contributed by atoms with Crippen LogP contribution in [0.4, 0.5) is 11.4 Å². The molecule has 1 saturated heterocycles. The first-order valence-corrected chi connectivity index (χ1v) is 10.7. The van der Waals surface area contributed by atoms with Crippen molar-refractivity contribution < 1.29 is 8.42 Å². The Bertz CT molecular complexity index is 895. The third-order valence-electron chi connectivity index (χ3n) is 4.80. The zero-order chi connectivity index (χ0) is 17.4. The van der Waals surface area contributed by atoms with Gasteiger partial charge in [-0.3, -0.25) is 4.31 Å². The van der Waals surface area contributed by atoms with Crippen LogP contribution in [0.5, 0.6) is 0 Å². The van der Waals surface area contributed by atoms with Crippen LogP contribution in [0, 0.1) is 0 Å². The first kappa shape index (κ1) is 16.9. The fourth-order valence-electron chi connectivity index (χ4n) is 3.50. The van der Waals surface area contributed by atoms with Crippen LogP contribution in [0.3, 0.4) is 0 Å². The molecule has 1 fully saturated rings. The smallest absolute Gasteiger partial charge is 0.265 e. The molecule has 7 heteroatoms. The van der Waals surface area contributed by atoms with Gasteiger partial charge in [-0.25, -0.2) is 8.42 Å². The van der Waals surface area contributed by atoms with Crippen LogP contribution in [0.1, 0.15) is 5.56 Å². The number of nitrogens with zero attached hydrogens (tertiary/aromatic N) is 2. The maximum atomic E-state index is 13.1. The number of piperazine rings is 1. The van der Waals surface area contributed by atoms with Gasteiger partial charge in [-0.1, -0.05) is 12.1 Å². The molecule has 0 spiro atoms. The summed E-state index contributed by atoms with van der Waals surface area (Å²) in [7, 11) is -3.56.